The summed E-state index contributed by atoms with van der Waals surface area (Å²) in [5, 5.41) is 9.69. The number of rotatable bonds is 2. The number of hydrogen-bond donors (Lipinski definition) is 1. The molecule has 1 rings (SSSR count). The van der Waals surface area contributed by atoms with Gasteiger partial charge in [0.05, 0.1) is 12.0 Å². The van der Waals surface area contributed by atoms with Crippen LogP contribution in [-0.2, 0) is 4.79 Å². The number of ketones is 1. The lowest BCUT2D eigenvalue weighted by Crippen LogP contribution is -2.36. The third-order valence-corrected chi connectivity index (χ3v) is 3.39. The van der Waals surface area contributed by atoms with Crippen LogP contribution < -0.4 is 0 Å². The number of carbonyl (C=O) groups excluding carboxylic acids is 1. The van der Waals surface area contributed by atoms with E-state index in [-0.39, 0.29) is 17.6 Å². The van der Waals surface area contributed by atoms with Gasteiger partial charge >= 0.3 is 0 Å². The second-order valence-electron chi connectivity index (χ2n) is 3.63. The number of aliphatic hydroxyl groups excluding tert-OH is 1. The van der Waals surface area contributed by atoms with Crippen molar-refractivity contribution in [2.45, 2.75) is 26.4 Å². The molecule has 2 atom stereocenters. The second-order valence-corrected chi connectivity index (χ2v) is 4.78. The molecule has 12 heavy (non-hydrogen) atoms. The molecule has 0 aliphatic carbocycles. The average Bonchev–Trinajstić information content (AvgIpc) is 2.04. The molecule has 1 saturated heterocycles. The van der Waals surface area contributed by atoms with Crippen molar-refractivity contribution in [1.29, 1.82) is 0 Å². The first-order valence-corrected chi connectivity index (χ1v) is 5.57. The molecule has 1 heterocycles. The summed E-state index contributed by atoms with van der Waals surface area (Å²) in [6, 6.07) is 0. The minimum absolute atomic E-state index is 0.108. The monoisotopic (exact) mass is 188 g/mol. The van der Waals surface area contributed by atoms with Crippen LogP contribution in [0, 0.1) is 11.8 Å². The zero-order valence-electron chi connectivity index (χ0n) is 7.62. The van der Waals surface area contributed by atoms with E-state index in [1.54, 1.807) is 11.8 Å². The molecule has 0 aromatic rings. The van der Waals surface area contributed by atoms with Crippen LogP contribution >= 0.6 is 11.8 Å². The minimum atomic E-state index is -0.440. The predicted octanol–water partition coefficient (Wildman–Crippen LogP) is 1.33. The van der Waals surface area contributed by atoms with E-state index in [4.69, 9.17) is 0 Å². The fraction of sp³-hybridized carbons (Fsp3) is 0.889. The van der Waals surface area contributed by atoms with Crippen molar-refractivity contribution in [3.63, 3.8) is 0 Å². The summed E-state index contributed by atoms with van der Waals surface area (Å²) < 4.78 is 0. The molecule has 70 valence electrons. The molecule has 0 aromatic heterocycles. The first kappa shape index (κ1) is 10.1. The van der Waals surface area contributed by atoms with E-state index >= 15 is 0 Å². The third-order valence-electron chi connectivity index (χ3n) is 2.30. The van der Waals surface area contributed by atoms with E-state index in [1.807, 2.05) is 13.8 Å². The van der Waals surface area contributed by atoms with Crippen molar-refractivity contribution in [3.05, 3.63) is 0 Å². The van der Waals surface area contributed by atoms with Crippen molar-refractivity contribution < 1.29 is 9.90 Å². The van der Waals surface area contributed by atoms with Crippen molar-refractivity contribution >= 4 is 17.5 Å². The fourth-order valence-corrected chi connectivity index (χ4v) is 2.56. The topological polar surface area (TPSA) is 37.3 Å². The Balaban J connectivity index is 2.53. The van der Waals surface area contributed by atoms with Crippen LogP contribution in [0.2, 0.25) is 0 Å². The maximum Gasteiger partial charge on any atom is 0.140 e. The predicted molar refractivity (Wildman–Crippen MR) is 51.3 cm³/mol. The number of carbonyl (C=O) groups is 1. The van der Waals surface area contributed by atoms with Gasteiger partial charge < -0.3 is 5.11 Å². The zero-order valence-corrected chi connectivity index (χ0v) is 8.43. The van der Waals surface area contributed by atoms with E-state index in [0.29, 0.717) is 6.42 Å². The van der Waals surface area contributed by atoms with Gasteiger partial charge in [-0.25, -0.2) is 0 Å². The number of Topliss-reactive ketones (excluding diaryl/α,β-unsaturated/α-hetero) is 1. The largest absolute Gasteiger partial charge is 0.392 e. The molecule has 1 aliphatic rings. The third kappa shape index (κ3) is 2.23. The Morgan fingerprint density at radius 2 is 2.25 bits per heavy atom. The normalized spacial score (nSPS) is 27.7. The van der Waals surface area contributed by atoms with Crippen LogP contribution in [0.4, 0.5) is 0 Å². The summed E-state index contributed by atoms with van der Waals surface area (Å²) in [5.74, 6) is 2.06. The van der Waals surface area contributed by atoms with Gasteiger partial charge in [0.2, 0.25) is 0 Å². The van der Waals surface area contributed by atoms with Gasteiger partial charge in [0.1, 0.15) is 5.78 Å². The van der Waals surface area contributed by atoms with Crippen molar-refractivity contribution in [3.8, 4) is 0 Å². The molecule has 1 fully saturated rings. The lowest BCUT2D eigenvalue weighted by Gasteiger charge is -2.27. The molecule has 0 saturated carbocycles. The van der Waals surface area contributed by atoms with E-state index < -0.39 is 6.10 Å². The smallest absolute Gasteiger partial charge is 0.140 e. The standard InChI is InChI=1S/C9H16O2S/c1-6(2)9(11)7-5-12-4-3-8(7)10/h6-7,9,11H,3-5H2,1-2H3/t7-,9+/m0/s1. The summed E-state index contributed by atoms with van der Waals surface area (Å²) in [4.78, 5) is 11.4. The lowest BCUT2D eigenvalue weighted by molar-refractivity contribution is -0.126. The molecular formula is C9H16O2S. The summed E-state index contributed by atoms with van der Waals surface area (Å²) in [7, 11) is 0. The number of hydrogen-bond acceptors (Lipinski definition) is 3. The maximum absolute atomic E-state index is 11.4. The fourth-order valence-electron chi connectivity index (χ4n) is 1.42. The van der Waals surface area contributed by atoms with Gasteiger partial charge in [-0.15, -0.1) is 0 Å². The number of thioether (sulfide) groups is 1. The van der Waals surface area contributed by atoms with Gasteiger partial charge in [-0.3, -0.25) is 4.79 Å². The highest BCUT2D eigenvalue weighted by molar-refractivity contribution is 7.99. The highest BCUT2D eigenvalue weighted by atomic mass is 32.2. The Morgan fingerprint density at radius 3 is 2.75 bits per heavy atom. The molecule has 0 spiro atoms. The van der Waals surface area contributed by atoms with Gasteiger partial charge in [-0.05, 0) is 5.92 Å². The van der Waals surface area contributed by atoms with Gasteiger partial charge in [0, 0.05) is 17.9 Å². The van der Waals surface area contributed by atoms with Crippen molar-refractivity contribution in [2.24, 2.45) is 11.8 Å². The van der Waals surface area contributed by atoms with E-state index in [1.165, 1.54) is 0 Å². The molecule has 0 amide bonds. The Labute approximate surface area is 77.7 Å². The summed E-state index contributed by atoms with van der Waals surface area (Å²) in [5.41, 5.74) is 0. The van der Waals surface area contributed by atoms with E-state index in [2.05, 4.69) is 0 Å². The molecule has 0 radical (unpaired) electrons. The lowest BCUT2D eigenvalue weighted by atomic mass is 9.90. The minimum Gasteiger partial charge on any atom is -0.392 e. The van der Waals surface area contributed by atoms with Gasteiger partial charge in [-0.1, -0.05) is 13.8 Å². The molecule has 1 N–H and O–H groups in total. The summed E-state index contributed by atoms with van der Waals surface area (Å²) in [6.45, 7) is 3.91. The van der Waals surface area contributed by atoms with Crippen LogP contribution in [0.5, 0.6) is 0 Å². The maximum atomic E-state index is 11.4. The van der Waals surface area contributed by atoms with Gasteiger partial charge in [-0.2, -0.15) is 11.8 Å². The summed E-state index contributed by atoms with van der Waals surface area (Å²) >= 11 is 1.77. The molecule has 0 aromatic carbocycles. The Hall–Kier alpha value is -0.0200. The highest BCUT2D eigenvalue weighted by Gasteiger charge is 2.30. The average molecular weight is 188 g/mol. The quantitative estimate of drug-likeness (QED) is 0.710. The van der Waals surface area contributed by atoms with Crippen molar-refractivity contribution in [1.82, 2.24) is 0 Å². The van der Waals surface area contributed by atoms with Crippen LogP contribution in [-0.4, -0.2) is 28.5 Å². The Kier molecular flexibility index (Phi) is 3.59. The van der Waals surface area contributed by atoms with Crippen LogP contribution in [0.1, 0.15) is 20.3 Å². The molecule has 2 nitrogen and oxygen atoms in total. The number of aliphatic hydroxyl groups is 1. The Bertz CT molecular complexity index is 168. The Morgan fingerprint density at radius 1 is 1.58 bits per heavy atom. The molecule has 1 aliphatic heterocycles. The van der Waals surface area contributed by atoms with Gasteiger partial charge in [0.15, 0.2) is 0 Å². The van der Waals surface area contributed by atoms with Crippen LogP contribution in [0.25, 0.3) is 0 Å². The van der Waals surface area contributed by atoms with E-state index in [9.17, 15) is 9.90 Å². The first-order valence-electron chi connectivity index (χ1n) is 4.41. The van der Waals surface area contributed by atoms with Crippen LogP contribution in [0.3, 0.4) is 0 Å². The van der Waals surface area contributed by atoms with Crippen molar-refractivity contribution in [2.75, 3.05) is 11.5 Å². The summed E-state index contributed by atoms with van der Waals surface area (Å²) in [6.07, 6.45) is 0.198. The highest BCUT2D eigenvalue weighted by Crippen LogP contribution is 2.25. The molecule has 3 heteroatoms. The van der Waals surface area contributed by atoms with Gasteiger partial charge in [0.25, 0.3) is 0 Å². The van der Waals surface area contributed by atoms with E-state index in [0.717, 1.165) is 11.5 Å². The molecular weight excluding hydrogens is 172 g/mol. The second kappa shape index (κ2) is 4.28. The molecule has 0 bridgehead atoms. The zero-order chi connectivity index (χ0) is 9.14. The SMILES string of the molecule is CC(C)[C@@H](O)[C@H]1CSCCC1=O. The van der Waals surface area contributed by atoms with Crippen LogP contribution in [0.15, 0.2) is 0 Å². The first-order chi connectivity index (χ1) is 5.63. The molecule has 0 unspecified atom stereocenters.